The topological polar surface area (TPSA) is 177 Å². The zero-order valence-corrected chi connectivity index (χ0v) is 22.2. The fourth-order valence-corrected chi connectivity index (χ4v) is 2.85. The number of nitro groups is 2. The van der Waals surface area contributed by atoms with E-state index in [1.165, 1.54) is 19.0 Å². The molecule has 2 aromatic rings. The first kappa shape index (κ1) is 30.1. The molecule has 0 radical (unpaired) electrons. The maximum Gasteiger partial charge on any atom is 0.274 e. The van der Waals surface area contributed by atoms with Crippen molar-refractivity contribution >= 4 is 44.7 Å². The number of aromatic nitrogens is 2. The van der Waals surface area contributed by atoms with E-state index >= 15 is 0 Å². The molecule has 2 aromatic heterocycles. The van der Waals surface area contributed by atoms with Gasteiger partial charge in [-0.15, -0.1) is 0 Å². The van der Waals surface area contributed by atoms with Gasteiger partial charge in [0.15, 0.2) is 11.6 Å². The van der Waals surface area contributed by atoms with E-state index in [4.69, 9.17) is 0 Å². The molecule has 0 saturated heterocycles. The van der Waals surface area contributed by atoms with Crippen LogP contribution in [0, 0.1) is 20.2 Å². The van der Waals surface area contributed by atoms with Crippen LogP contribution >= 0.6 is 31.9 Å². The molecule has 0 unspecified atom stereocenters. The molecule has 36 heavy (non-hydrogen) atoms. The van der Waals surface area contributed by atoms with Gasteiger partial charge in [0.25, 0.3) is 12.4 Å². The molecule has 16 heteroatoms. The molecule has 0 aliphatic rings. The maximum absolute atomic E-state index is 11.0. The molecular formula is C20H22Br2N8O6. The van der Waals surface area contributed by atoms with Crippen LogP contribution in [0.25, 0.3) is 0 Å². The number of rotatable bonds is 12. The van der Waals surface area contributed by atoms with Gasteiger partial charge < -0.3 is 10.6 Å². The van der Waals surface area contributed by atoms with Gasteiger partial charge in [-0.2, -0.15) is 0 Å². The first-order valence-corrected chi connectivity index (χ1v) is 11.4. The molecule has 0 saturated carbocycles. The second-order valence-corrected chi connectivity index (χ2v) is 8.26. The van der Waals surface area contributed by atoms with Gasteiger partial charge >= 0.3 is 0 Å². The van der Waals surface area contributed by atoms with E-state index in [2.05, 4.69) is 52.5 Å². The summed E-state index contributed by atoms with van der Waals surface area (Å²) in [5, 5.41) is 26.2. The zero-order valence-electron chi connectivity index (χ0n) is 19.1. The molecule has 2 rings (SSSR count). The summed E-state index contributed by atoms with van der Waals surface area (Å²) in [6, 6.07) is 7.08. The lowest BCUT2D eigenvalue weighted by atomic mass is 10.3. The first-order valence-electron chi connectivity index (χ1n) is 9.82. The van der Waals surface area contributed by atoms with E-state index < -0.39 is 9.85 Å². The van der Waals surface area contributed by atoms with Crippen molar-refractivity contribution in [2.45, 2.75) is 13.1 Å². The van der Waals surface area contributed by atoms with Gasteiger partial charge in [-0.3, -0.25) is 39.6 Å². The van der Waals surface area contributed by atoms with Crippen LogP contribution in [0.2, 0.25) is 0 Å². The summed E-state index contributed by atoms with van der Waals surface area (Å²) in [4.78, 5) is 51.4. The predicted molar refractivity (Wildman–Crippen MR) is 135 cm³/mol. The van der Waals surface area contributed by atoms with E-state index in [0.29, 0.717) is 28.6 Å². The van der Waals surface area contributed by atoms with Crippen molar-refractivity contribution in [2.75, 3.05) is 14.1 Å². The van der Waals surface area contributed by atoms with Crippen LogP contribution < -0.4 is 10.6 Å². The Bertz CT molecular complexity index is 1080. The van der Waals surface area contributed by atoms with Crippen LogP contribution in [0.3, 0.4) is 0 Å². The van der Waals surface area contributed by atoms with Gasteiger partial charge in [0.05, 0.1) is 16.4 Å². The molecule has 2 heterocycles. The van der Waals surface area contributed by atoms with Crippen molar-refractivity contribution in [3.05, 3.63) is 101 Å². The van der Waals surface area contributed by atoms with Crippen molar-refractivity contribution in [3.8, 4) is 0 Å². The SMILES string of the molecule is CN(C=O)/C(=C\[N+](=O)[O-])NCc1ccc(Br)nc1.CN/C(=C/[N+](=O)[O-])N(C=O)Cc1ccc(Br)nc1. The van der Waals surface area contributed by atoms with Gasteiger partial charge in [0, 0.05) is 33.0 Å². The number of hydrogen-bond acceptors (Lipinski definition) is 10. The van der Waals surface area contributed by atoms with Crippen molar-refractivity contribution in [1.29, 1.82) is 0 Å². The van der Waals surface area contributed by atoms with Crippen LogP contribution in [-0.4, -0.2) is 56.5 Å². The third-order valence-corrected chi connectivity index (χ3v) is 5.03. The third kappa shape index (κ3) is 11.5. The highest BCUT2D eigenvalue weighted by Gasteiger charge is 2.12. The first-order chi connectivity index (χ1) is 17.1. The Hall–Kier alpha value is -3.92. The highest BCUT2D eigenvalue weighted by Crippen LogP contribution is 2.10. The summed E-state index contributed by atoms with van der Waals surface area (Å²) in [5.41, 5.74) is 1.60. The molecule has 0 aliphatic carbocycles. The van der Waals surface area contributed by atoms with Crippen molar-refractivity contribution in [3.63, 3.8) is 0 Å². The Morgan fingerprint density at radius 2 is 1.47 bits per heavy atom. The molecule has 0 aromatic carbocycles. The Morgan fingerprint density at radius 3 is 1.89 bits per heavy atom. The molecule has 192 valence electrons. The fourth-order valence-electron chi connectivity index (χ4n) is 2.38. The minimum Gasteiger partial charge on any atom is -0.369 e. The van der Waals surface area contributed by atoms with Crippen molar-refractivity contribution in [1.82, 2.24) is 30.4 Å². The zero-order chi connectivity index (χ0) is 27.1. The second-order valence-electron chi connectivity index (χ2n) is 6.63. The standard InChI is InChI=1S/2C10H11BrN4O3/c1-14(7-16)10(6-15(17)18)13-5-8-2-3-9(11)12-4-8;1-12-10(6-15(17)18)14(7-16)5-8-2-3-9(11)13-4-8/h2-4,6-7,13H,5H2,1H3;2-4,6-7,12H,5H2,1H3/b2*10-6-. The van der Waals surface area contributed by atoms with Gasteiger partial charge in [0.1, 0.15) is 9.21 Å². The minimum atomic E-state index is -0.623. The molecule has 0 spiro atoms. The molecule has 14 nitrogen and oxygen atoms in total. The average molecular weight is 630 g/mol. The van der Waals surface area contributed by atoms with Gasteiger partial charge in [-0.05, 0) is 55.1 Å². The summed E-state index contributed by atoms with van der Waals surface area (Å²) in [6.07, 6.45) is 5.69. The van der Waals surface area contributed by atoms with E-state index in [1.54, 1.807) is 30.6 Å². The molecular weight excluding hydrogens is 608 g/mol. The summed E-state index contributed by atoms with van der Waals surface area (Å²) in [5.74, 6) is 0.218. The van der Waals surface area contributed by atoms with Crippen LogP contribution in [0.5, 0.6) is 0 Å². The van der Waals surface area contributed by atoms with Crippen LogP contribution in [0.4, 0.5) is 0 Å². The lowest BCUT2D eigenvalue weighted by molar-refractivity contribution is -0.404. The van der Waals surface area contributed by atoms with Crippen molar-refractivity contribution < 1.29 is 19.4 Å². The highest BCUT2D eigenvalue weighted by atomic mass is 79.9. The number of halogens is 2. The average Bonchev–Trinajstić information content (AvgIpc) is 2.85. The summed E-state index contributed by atoms with van der Waals surface area (Å²) < 4.78 is 1.39. The lowest BCUT2D eigenvalue weighted by Gasteiger charge is -2.18. The fraction of sp³-hybridized carbons (Fsp3) is 0.200. The minimum absolute atomic E-state index is 0.109. The van der Waals surface area contributed by atoms with E-state index in [1.807, 2.05) is 6.07 Å². The Kier molecular flexibility index (Phi) is 13.3. The summed E-state index contributed by atoms with van der Waals surface area (Å²) in [6.45, 7) is 0.530. The number of hydrogen-bond donors (Lipinski definition) is 2. The third-order valence-electron chi connectivity index (χ3n) is 4.09. The number of carbonyl (C=O) groups is 2. The largest absolute Gasteiger partial charge is 0.369 e. The summed E-state index contributed by atoms with van der Waals surface area (Å²) >= 11 is 6.40. The number of carbonyl (C=O) groups excluding carboxylic acids is 2. The van der Waals surface area contributed by atoms with Gasteiger partial charge in [0.2, 0.25) is 12.8 Å². The number of nitrogens with one attached hydrogen (secondary N) is 2. The highest BCUT2D eigenvalue weighted by molar-refractivity contribution is 9.10. The van der Waals surface area contributed by atoms with Gasteiger partial charge in [-0.25, -0.2) is 9.97 Å². The monoisotopic (exact) mass is 628 g/mol. The van der Waals surface area contributed by atoms with E-state index in [9.17, 15) is 29.8 Å². The predicted octanol–water partition coefficient (Wildman–Crippen LogP) is 2.20. The number of nitrogens with zero attached hydrogens (tertiary/aromatic N) is 6. The smallest absolute Gasteiger partial charge is 0.274 e. The molecule has 0 atom stereocenters. The number of pyridine rings is 2. The molecule has 0 aliphatic heterocycles. The quantitative estimate of drug-likeness (QED) is 0.153. The van der Waals surface area contributed by atoms with E-state index in [0.717, 1.165) is 28.4 Å². The molecule has 2 N–H and O–H groups in total. The molecule has 2 amide bonds. The van der Waals surface area contributed by atoms with Crippen molar-refractivity contribution in [2.24, 2.45) is 0 Å². The van der Waals surface area contributed by atoms with Crippen LogP contribution in [0.1, 0.15) is 11.1 Å². The molecule has 0 fully saturated rings. The Morgan fingerprint density at radius 1 is 0.944 bits per heavy atom. The summed E-state index contributed by atoms with van der Waals surface area (Å²) in [7, 11) is 2.93. The Balaban J connectivity index is 0.000000360. The van der Waals surface area contributed by atoms with Gasteiger partial charge in [-0.1, -0.05) is 12.1 Å². The Labute approximate surface area is 222 Å². The van der Waals surface area contributed by atoms with E-state index in [-0.39, 0.29) is 18.2 Å². The maximum atomic E-state index is 11.0. The normalized spacial score (nSPS) is 10.9. The second kappa shape index (κ2) is 15.9. The number of amides is 2. The molecule has 0 bridgehead atoms. The van der Waals surface area contributed by atoms with Crippen LogP contribution in [-0.2, 0) is 22.7 Å². The van der Waals surface area contributed by atoms with Crippen LogP contribution in [0.15, 0.2) is 69.9 Å². The lowest BCUT2D eigenvalue weighted by Crippen LogP contribution is -2.29.